The third-order valence-electron chi connectivity index (χ3n) is 4.41. The number of pyridine rings is 1. The first-order valence-corrected chi connectivity index (χ1v) is 8.32. The van der Waals surface area contributed by atoms with Crippen LogP contribution in [0.25, 0.3) is 0 Å². The monoisotopic (exact) mass is 325 g/mol. The van der Waals surface area contributed by atoms with E-state index in [9.17, 15) is 4.79 Å². The smallest absolute Gasteiger partial charge is 0.335 e. The van der Waals surface area contributed by atoms with Crippen LogP contribution in [-0.4, -0.2) is 40.6 Å². The van der Waals surface area contributed by atoms with Crippen LogP contribution >= 0.6 is 0 Å². The lowest BCUT2D eigenvalue weighted by molar-refractivity contribution is 0.0696. The summed E-state index contributed by atoms with van der Waals surface area (Å²) in [6, 6.07) is 13.2. The Morgan fingerprint density at radius 3 is 2.96 bits per heavy atom. The molecule has 24 heavy (non-hydrogen) atoms. The van der Waals surface area contributed by atoms with Crippen molar-refractivity contribution in [3.8, 4) is 0 Å². The minimum Gasteiger partial charge on any atom is -0.478 e. The molecule has 3 rings (SSSR count). The fourth-order valence-corrected chi connectivity index (χ4v) is 3.17. The number of carbonyl (C=O) groups is 1. The predicted octanol–water partition coefficient (Wildman–Crippen LogP) is 3.02. The number of likely N-dealkylation sites (tertiary alicyclic amines) is 1. The first-order valence-electron chi connectivity index (χ1n) is 8.32. The van der Waals surface area contributed by atoms with Crippen molar-refractivity contribution >= 4 is 11.8 Å². The molecule has 1 aromatic heterocycles. The van der Waals surface area contributed by atoms with Crippen molar-refractivity contribution in [1.82, 2.24) is 9.88 Å². The highest BCUT2D eigenvalue weighted by Crippen LogP contribution is 2.20. The van der Waals surface area contributed by atoms with Crippen molar-refractivity contribution in [3.63, 3.8) is 0 Å². The summed E-state index contributed by atoms with van der Waals surface area (Å²) in [5.74, 6) is 0.656. The van der Waals surface area contributed by atoms with Crippen LogP contribution in [0.4, 0.5) is 5.82 Å². The number of hydrogen-bond acceptors (Lipinski definition) is 4. The molecule has 1 aromatic carbocycles. The molecule has 2 aromatic rings. The Balaban J connectivity index is 1.50. The SMILES string of the molecule is Cc1cccc(NCC2CCN(Cc3cccc(C(=O)O)c3)C2)n1. The molecule has 1 unspecified atom stereocenters. The maximum Gasteiger partial charge on any atom is 0.335 e. The summed E-state index contributed by atoms with van der Waals surface area (Å²) in [5, 5.41) is 12.5. The van der Waals surface area contributed by atoms with Gasteiger partial charge in [0.1, 0.15) is 5.82 Å². The first kappa shape index (κ1) is 16.5. The van der Waals surface area contributed by atoms with Gasteiger partial charge < -0.3 is 10.4 Å². The summed E-state index contributed by atoms with van der Waals surface area (Å²) in [6.07, 6.45) is 1.15. The van der Waals surface area contributed by atoms with Crippen molar-refractivity contribution in [2.75, 3.05) is 25.0 Å². The predicted molar refractivity (Wildman–Crippen MR) is 94.2 cm³/mol. The van der Waals surface area contributed by atoms with Crippen LogP contribution in [0.5, 0.6) is 0 Å². The standard InChI is InChI=1S/C19H23N3O2/c1-14-4-2-7-18(21-14)20-11-16-8-9-22(13-16)12-15-5-3-6-17(10-15)19(23)24/h2-7,10,16H,8-9,11-13H2,1H3,(H,20,21)(H,23,24). The zero-order valence-electron chi connectivity index (χ0n) is 13.9. The average Bonchev–Trinajstić information content (AvgIpc) is 3.01. The summed E-state index contributed by atoms with van der Waals surface area (Å²) in [6.45, 7) is 5.79. The summed E-state index contributed by atoms with van der Waals surface area (Å²) in [7, 11) is 0. The van der Waals surface area contributed by atoms with Crippen LogP contribution in [0, 0.1) is 12.8 Å². The van der Waals surface area contributed by atoms with Crippen LogP contribution in [0.3, 0.4) is 0 Å². The molecule has 1 fully saturated rings. The van der Waals surface area contributed by atoms with Crippen molar-refractivity contribution in [2.45, 2.75) is 19.9 Å². The molecule has 1 aliphatic rings. The van der Waals surface area contributed by atoms with Crippen LogP contribution in [0.15, 0.2) is 42.5 Å². The van der Waals surface area contributed by atoms with E-state index in [2.05, 4.69) is 15.2 Å². The fraction of sp³-hybridized carbons (Fsp3) is 0.368. The zero-order chi connectivity index (χ0) is 16.9. The van der Waals surface area contributed by atoms with Gasteiger partial charge in [-0.05, 0) is 55.6 Å². The summed E-state index contributed by atoms with van der Waals surface area (Å²) in [5.41, 5.74) is 2.44. The number of aromatic nitrogens is 1. The highest BCUT2D eigenvalue weighted by atomic mass is 16.4. The van der Waals surface area contributed by atoms with Gasteiger partial charge in [0, 0.05) is 25.3 Å². The molecule has 2 heterocycles. The number of nitrogens with one attached hydrogen (secondary N) is 1. The Morgan fingerprint density at radius 1 is 1.33 bits per heavy atom. The molecule has 0 amide bonds. The average molecular weight is 325 g/mol. The van der Waals surface area contributed by atoms with Gasteiger partial charge in [0.05, 0.1) is 5.56 Å². The van der Waals surface area contributed by atoms with E-state index in [-0.39, 0.29) is 0 Å². The number of carboxylic acids is 1. The van der Waals surface area contributed by atoms with Gasteiger partial charge in [-0.2, -0.15) is 0 Å². The Bertz CT molecular complexity index is 717. The van der Waals surface area contributed by atoms with E-state index in [1.807, 2.05) is 37.3 Å². The van der Waals surface area contributed by atoms with Crippen molar-refractivity contribution < 1.29 is 9.90 Å². The van der Waals surface area contributed by atoms with Crippen LogP contribution < -0.4 is 5.32 Å². The number of benzene rings is 1. The largest absolute Gasteiger partial charge is 0.478 e. The number of rotatable bonds is 6. The van der Waals surface area contributed by atoms with Gasteiger partial charge >= 0.3 is 5.97 Å². The second kappa shape index (κ2) is 7.45. The molecule has 0 radical (unpaired) electrons. The van der Waals surface area contributed by atoms with Gasteiger partial charge in [0.15, 0.2) is 0 Å². The van der Waals surface area contributed by atoms with E-state index in [1.54, 1.807) is 12.1 Å². The summed E-state index contributed by atoms with van der Waals surface area (Å²) >= 11 is 0. The highest BCUT2D eigenvalue weighted by Gasteiger charge is 2.22. The van der Waals surface area contributed by atoms with Crippen LogP contribution in [-0.2, 0) is 6.54 Å². The summed E-state index contributed by atoms with van der Waals surface area (Å²) < 4.78 is 0. The van der Waals surface area contributed by atoms with E-state index in [0.29, 0.717) is 11.5 Å². The molecular weight excluding hydrogens is 302 g/mol. The van der Waals surface area contributed by atoms with E-state index in [1.165, 1.54) is 0 Å². The van der Waals surface area contributed by atoms with Crippen molar-refractivity contribution in [2.24, 2.45) is 5.92 Å². The summed E-state index contributed by atoms with van der Waals surface area (Å²) in [4.78, 5) is 17.9. The number of hydrogen-bond donors (Lipinski definition) is 2. The zero-order valence-corrected chi connectivity index (χ0v) is 13.9. The molecule has 2 N–H and O–H groups in total. The minimum atomic E-state index is -0.869. The van der Waals surface area contributed by atoms with Gasteiger partial charge in [-0.25, -0.2) is 9.78 Å². The molecule has 1 atom stereocenters. The second-order valence-electron chi connectivity index (χ2n) is 6.44. The normalized spacial score (nSPS) is 17.8. The Hall–Kier alpha value is -2.40. The van der Waals surface area contributed by atoms with E-state index in [4.69, 9.17) is 5.11 Å². The van der Waals surface area contributed by atoms with Gasteiger partial charge in [-0.3, -0.25) is 4.90 Å². The molecule has 5 nitrogen and oxygen atoms in total. The lowest BCUT2D eigenvalue weighted by atomic mass is 10.1. The van der Waals surface area contributed by atoms with Crippen molar-refractivity contribution in [1.29, 1.82) is 0 Å². The number of carboxylic acid groups (broad SMARTS) is 1. The number of anilines is 1. The number of aromatic carboxylic acids is 1. The molecule has 1 aliphatic heterocycles. The van der Waals surface area contributed by atoms with Crippen LogP contribution in [0.2, 0.25) is 0 Å². The van der Waals surface area contributed by atoms with E-state index in [0.717, 1.165) is 49.7 Å². The number of aryl methyl sites for hydroxylation is 1. The Labute approximate surface area is 142 Å². The molecule has 0 aliphatic carbocycles. The Morgan fingerprint density at radius 2 is 2.17 bits per heavy atom. The van der Waals surface area contributed by atoms with E-state index < -0.39 is 5.97 Å². The lowest BCUT2D eigenvalue weighted by Gasteiger charge is -2.17. The molecule has 0 bridgehead atoms. The maximum absolute atomic E-state index is 11.1. The van der Waals surface area contributed by atoms with Crippen LogP contribution in [0.1, 0.15) is 28.0 Å². The molecule has 0 spiro atoms. The quantitative estimate of drug-likeness (QED) is 0.854. The first-order chi connectivity index (χ1) is 11.6. The molecule has 126 valence electrons. The second-order valence-corrected chi connectivity index (χ2v) is 6.44. The molecule has 5 heteroatoms. The topological polar surface area (TPSA) is 65.5 Å². The minimum absolute atomic E-state index is 0.357. The third-order valence-corrected chi connectivity index (χ3v) is 4.41. The number of nitrogens with zero attached hydrogens (tertiary/aromatic N) is 2. The maximum atomic E-state index is 11.1. The van der Waals surface area contributed by atoms with Crippen molar-refractivity contribution in [3.05, 3.63) is 59.3 Å². The van der Waals surface area contributed by atoms with Gasteiger partial charge in [-0.1, -0.05) is 18.2 Å². The molecular formula is C19H23N3O2. The van der Waals surface area contributed by atoms with Gasteiger partial charge in [0.25, 0.3) is 0 Å². The third kappa shape index (κ3) is 4.32. The highest BCUT2D eigenvalue weighted by molar-refractivity contribution is 5.87. The molecule has 0 saturated carbocycles. The van der Waals surface area contributed by atoms with Gasteiger partial charge in [-0.15, -0.1) is 0 Å². The molecule has 1 saturated heterocycles. The fourth-order valence-electron chi connectivity index (χ4n) is 3.17. The van der Waals surface area contributed by atoms with Gasteiger partial charge in [0.2, 0.25) is 0 Å². The van der Waals surface area contributed by atoms with E-state index >= 15 is 0 Å². The lowest BCUT2D eigenvalue weighted by Crippen LogP contribution is -2.23. The Kier molecular flexibility index (Phi) is 5.11.